The van der Waals surface area contributed by atoms with E-state index in [9.17, 15) is 0 Å². The summed E-state index contributed by atoms with van der Waals surface area (Å²) in [6, 6.07) is 4.17. The van der Waals surface area contributed by atoms with E-state index in [-0.39, 0.29) is 0 Å². The van der Waals surface area contributed by atoms with Crippen molar-refractivity contribution in [2.75, 3.05) is 25.5 Å². The summed E-state index contributed by atoms with van der Waals surface area (Å²) in [5.41, 5.74) is 0.421. The molecule has 0 saturated carbocycles. The molecule has 1 aromatic rings. The van der Waals surface area contributed by atoms with Crippen molar-refractivity contribution < 1.29 is 0 Å². The number of nitrogens with zero attached hydrogens (tertiary/aromatic N) is 4. The first-order valence-corrected chi connectivity index (χ1v) is 5.88. The van der Waals surface area contributed by atoms with Gasteiger partial charge in [-0.25, -0.2) is 9.97 Å². The summed E-state index contributed by atoms with van der Waals surface area (Å²) in [4.78, 5) is 10.7. The lowest BCUT2D eigenvalue weighted by molar-refractivity contribution is 0.260. The number of aryl methyl sites for hydroxylation is 1. The Morgan fingerprint density at radius 1 is 1.53 bits per heavy atom. The second-order valence-electron chi connectivity index (χ2n) is 4.54. The highest BCUT2D eigenvalue weighted by Crippen LogP contribution is 2.14. The predicted molar refractivity (Wildman–Crippen MR) is 65.6 cm³/mol. The Morgan fingerprint density at radius 2 is 2.35 bits per heavy atom. The van der Waals surface area contributed by atoms with E-state index in [1.54, 1.807) is 13.0 Å². The molecular weight excluding hydrogens is 214 g/mol. The third kappa shape index (κ3) is 3.14. The first kappa shape index (κ1) is 11.8. The number of nitrogens with one attached hydrogen (secondary N) is 1. The SMILES string of the molecule is Cc1nc(C#N)cc(NC2CCCN(C)C2)n1. The first-order valence-electron chi connectivity index (χ1n) is 5.88. The van der Waals surface area contributed by atoms with Crippen molar-refractivity contribution in [1.82, 2.24) is 14.9 Å². The fourth-order valence-electron chi connectivity index (χ4n) is 2.19. The van der Waals surface area contributed by atoms with E-state index in [4.69, 9.17) is 5.26 Å². The van der Waals surface area contributed by atoms with Crippen molar-refractivity contribution in [3.8, 4) is 6.07 Å². The largest absolute Gasteiger partial charge is 0.366 e. The van der Waals surface area contributed by atoms with Gasteiger partial charge < -0.3 is 10.2 Å². The van der Waals surface area contributed by atoms with Crippen LogP contribution in [-0.2, 0) is 0 Å². The second-order valence-corrected chi connectivity index (χ2v) is 4.54. The molecule has 1 aliphatic rings. The van der Waals surface area contributed by atoms with Crippen LogP contribution >= 0.6 is 0 Å². The minimum atomic E-state index is 0.412. The van der Waals surface area contributed by atoms with Crippen molar-refractivity contribution in [1.29, 1.82) is 5.26 Å². The van der Waals surface area contributed by atoms with Crippen LogP contribution < -0.4 is 5.32 Å². The molecule has 5 nitrogen and oxygen atoms in total. The molecule has 1 saturated heterocycles. The van der Waals surface area contributed by atoms with E-state index in [0.717, 1.165) is 25.3 Å². The van der Waals surface area contributed by atoms with Gasteiger partial charge in [0.2, 0.25) is 0 Å². The van der Waals surface area contributed by atoms with Crippen molar-refractivity contribution in [2.24, 2.45) is 0 Å². The predicted octanol–water partition coefficient (Wildman–Crippen LogP) is 1.16. The normalized spacial score (nSPS) is 20.9. The average Bonchev–Trinajstić information content (AvgIpc) is 2.28. The van der Waals surface area contributed by atoms with Crippen molar-refractivity contribution >= 4 is 5.82 Å². The Bertz CT molecular complexity index is 437. The number of nitriles is 1. The van der Waals surface area contributed by atoms with E-state index in [2.05, 4.69) is 33.3 Å². The highest BCUT2D eigenvalue weighted by Gasteiger charge is 2.17. The standard InChI is InChI=1S/C12H17N5/c1-9-14-11(7-13)6-12(15-9)16-10-4-3-5-17(2)8-10/h6,10H,3-5,8H2,1-2H3,(H,14,15,16). The molecule has 0 amide bonds. The molecule has 1 aromatic heterocycles. The van der Waals surface area contributed by atoms with Crippen LogP contribution in [0.3, 0.4) is 0 Å². The van der Waals surface area contributed by atoms with Gasteiger partial charge in [-0.05, 0) is 33.4 Å². The molecule has 17 heavy (non-hydrogen) atoms. The summed E-state index contributed by atoms with van der Waals surface area (Å²) < 4.78 is 0. The monoisotopic (exact) mass is 231 g/mol. The van der Waals surface area contributed by atoms with Gasteiger partial charge >= 0.3 is 0 Å². The third-order valence-electron chi connectivity index (χ3n) is 2.93. The van der Waals surface area contributed by atoms with Crippen LogP contribution in [0.4, 0.5) is 5.82 Å². The number of hydrogen-bond donors (Lipinski definition) is 1. The summed E-state index contributed by atoms with van der Waals surface area (Å²) in [6.07, 6.45) is 2.35. The van der Waals surface area contributed by atoms with E-state index >= 15 is 0 Å². The lowest BCUT2D eigenvalue weighted by atomic mass is 10.1. The zero-order valence-electron chi connectivity index (χ0n) is 10.3. The molecule has 1 unspecified atom stereocenters. The average molecular weight is 231 g/mol. The van der Waals surface area contributed by atoms with Crippen molar-refractivity contribution in [3.05, 3.63) is 17.6 Å². The summed E-state index contributed by atoms with van der Waals surface area (Å²) in [7, 11) is 2.12. The van der Waals surface area contributed by atoms with Crippen LogP contribution in [0, 0.1) is 18.3 Å². The van der Waals surface area contributed by atoms with Gasteiger partial charge in [0.1, 0.15) is 23.4 Å². The maximum atomic E-state index is 8.86. The van der Waals surface area contributed by atoms with Gasteiger partial charge in [0.25, 0.3) is 0 Å². The Hall–Kier alpha value is -1.67. The van der Waals surface area contributed by atoms with Crippen LogP contribution in [-0.4, -0.2) is 41.0 Å². The fourth-order valence-corrected chi connectivity index (χ4v) is 2.19. The highest BCUT2D eigenvalue weighted by atomic mass is 15.2. The molecule has 0 bridgehead atoms. The molecule has 0 aliphatic carbocycles. The maximum absolute atomic E-state index is 8.86. The van der Waals surface area contributed by atoms with E-state index in [1.807, 2.05) is 0 Å². The van der Waals surface area contributed by atoms with Gasteiger partial charge in [0.05, 0.1) is 0 Å². The van der Waals surface area contributed by atoms with Gasteiger partial charge in [0, 0.05) is 18.7 Å². The lowest BCUT2D eigenvalue weighted by Crippen LogP contribution is -2.39. The Kier molecular flexibility index (Phi) is 3.55. The number of rotatable bonds is 2. The summed E-state index contributed by atoms with van der Waals surface area (Å²) >= 11 is 0. The molecule has 1 fully saturated rings. The maximum Gasteiger partial charge on any atom is 0.146 e. The van der Waals surface area contributed by atoms with Gasteiger partial charge in [0.15, 0.2) is 0 Å². The fraction of sp³-hybridized carbons (Fsp3) is 0.583. The number of likely N-dealkylation sites (N-methyl/N-ethyl adjacent to an activating group) is 1. The molecule has 0 spiro atoms. The number of likely N-dealkylation sites (tertiary alicyclic amines) is 1. The molecule has 90 valence electrons. The van der Waals surface area contributed by atoms with E-state index in [1.165, 1.54) is 6.42 Å². The smallest absolute Gasteiger partial charge is 0.146 e. The van der Waals surface area contributed by atoms with Gasteiger partial charge in [-0.15, -0.1) is 0 Å². The summed E-state index contributed by atoms with van der Waals surface area (Å²) in [5, 5.41) is 12.2. The quantitative estimate of drug-likeness (QED) is 0.827. The second kappa shape index (κ2) is 5.11. The van der Waals surface area contributed by atoms with Crippen LogP contribution in [0.25, 0.3) is 0 Å². The number of aromatic nitrogens is 2. The van der Waals surface area contributed by atoms with Crippen molar-refractivity contribution in [2.45, 2.75) is 25.8 Å². The molecule has 1 N–H and O–H groups in total. The van der Waals surface area contributed by atoms with Crippen LogP contribution in [0.2, 0.25) is 0 Å². The highest BCUT2D eigenvalue weighted by molar-refractivity contribution is 5.40. The van der Waals surface area contributed by atoms with Crippen LogP contribution in [0.5, 0.6) is 0 Å². The topological polar surface area (TPSA) is 64.8 Å². The molecule has 0 radical (unpaired) electrons. The minimum absolute atomic E-state index is 0.412. The third-order valence-corrected chi connectivity index (χ3v) is 2.93. The van der Waals surface area contributed by atoms with Crippen LogP contribution in [0.15, 0.2) is 6.07 Å². The molecule has 2 rings (SSSR count). The molecule has 5 heteroatoms. The molecule has 1 aliphatic heterocycles. The van der Waals surface area contributed by atoms with Gasteiger partial charge in [-0.2, -0.15) is 5.26 Å². The molecular formula is C12H17N5. The van der Waals surface area contributed by atoms with Gasteiger partial charge in [-0.3, -0.25) is 0 Å². The van der Waals surface area contributed by atoms with E-state index < -0.39 is 0 Å². The molecule has 0 aromatic carbocycles. The summed E-state index contributed by atoms with van der Waals surface area (Å²) in [5.74, 6) is 1.39. The zero-order valence-corrected chi connectivity index (χ0v) is 10.3. The van der Waals surface area contributed by atoms with E-state index in [0.29, 0.717) is 17.6 Å². The minimum Gasteiger partial charge on any atom is -0.366 e. The Balaban J connectivity index is 2.07. The number of piperidine rings is 1. The Labute approximate surface area is 101 Å². The van der Waals surface area contributed by atoms with Gasteiger partial charge in [-0.1, -0.05) is 0 Å². The van der Waals surface area contributed by atoms with Crippen LogP contribution in [0.1, 0.15) is 24.4 Å². The first-order chi connectivity index (χ1) is 8.17. The van der Waals surface area contributed by atoms with Crippen molar-refractivity contribution in [3.63, 3.8) is 0 Å². The molecule has 2 heterocycles. The lowest BCUT2D eigenvalue weighted by Gasteiger charge is -2.30. The summed E-state index contributed by atoms with van der Waals surface area (Å²) in [6.45, 7) is 3.98. The zero-order chi connectivity index (χ0) is 12.3. The number of hydrogen-bond acceptors (Lipinski definition) is 5. The molecule has 1 atom stereocenters. The number of anilines is 1. The Morgan fingerprint density at radius 3 is 3.06 bits per heavy atom.